The molecule has 1 atom stereocenters. The van der Waals surface area contributed by atoms with Gasteiger partial charge in [0, 0.05) is 12.5 Å². The van der Waals surface area contributed by atoms with Crippen LogP contribution in [0.2, 0.25) is 0 Å². The van der Waals surface area contributed by atoms with Gasteiger partial charge in [0.15, 0.2) is 0 Å². The molecule has 92 valence electrons. The highest BCUT2D eigenvalue weighted by molar-refractivity contribution is 5.77. The molecule has 0 aliphatic rings. The summed E-state index contributed by atoms with van der Waals surface area (Å²) in [6, 6.07) is 10.3. The van der Waals surface area contributed by atoms with Gasteiger partial charge in [-0.15, -0.1) is 0 Å². The van der Waals surface area contributed by atoms with Crippen molar-refractivity contribution in [1.82, 2.24) is 5.32 Å². The summed E-state index contributed by atoms with van der Waals surface area (Å²) in [5.74, 6) is 0.946. The number of hydrogen-bond acceptors (Lipinski definition) is 3. The van der Waals surface area contributed by atoms with Gasteiger partial charge in [0.25, 0.3) is 0 Å². The summed E-state index contributed by atoms with van der Waals surface area (Å²) in [7, 11) is 1.71. The Labute approximate surface area is 102 Å². The molecule has 1 heterocycles. The summed E-state index contributed by atoms with van der Waals surface area (Å²) in [6.45, 7) is 3.74. The smallest absolute Gasteiger partial charge is 0.134 e. The summed E-state index contributed by atoms with van der Waals surface area (Å²) in [6.07, 6.45) is 1.10. The zero-order valence-corrected chi connectivity index (χ0v) is 10.4. The van der Waals surface area contributed by atoms with Crippen LogP contribution in [0.25, 0.3) is 11.0 Å². The summed E-state index contributed by atoms with van der Waals surface area (Å²) >= 11 is 0. The summed E-state index contributed by atoms with van der Waals surface area (Å²) in [5, 5.41) is 4.57. The molecule has 0 bridgehead atoms. The van der Waals surface area contributed by atoms with Crippen LogP contribution in [0.3, 0.4) is 0 Å². The van der Waals surface area contributed by atoms with Crippen LogP contribution < -0.4 is 5.32 Å². The highest BCUT2D eigenvalue weighted by atomic mass is 16.5. The molecule has 0 fully saturated rings. The van der Waals surface area contributed by atoms with Gasteiger partial charge < -0.3 is 14.5 Å². The van der Waals surface area contributed by atoms with Gasteiger partial charge in [-0.2, -0.15) is 0 Å². The molecule has 1 unspecified atom stereocenters. The average Bonchev–Trinajstić information content (AvgIpc) is 2.78. The number of ether oxygens (including phenoxy) is 1. The zero-order valence-electron chi connectivity index (χ0n) is 10.4. The molecule has 17 heavy (non-hydrogen) atoms. The van der Waals surface area contributed by atoms with E-state index in [1.165, 1.54) is 0 Å². The number of hydrogen-bond donors (Lipinski definition) is 1. The van der Waals surface area contributed by atoms with Gasteiger partial charge in [-0.05, 0) is 25.1 Å². The Hall–Kier alpha value is -1.32. The van der Waals surface area contributed by atoms with Gasteiger partial charge in [0.2, 0.25) is 0 Å². The van der Waals surface area contributed by atoms with E-state index in [0.717, 1.165) is 29.7 Å². The highest BCUT2D eigenvalue weighted by Crippen LogP contribution is 2.23. The quantitative estimate of drug-likeness (QED) is 0.832. The van der Waals surface area contributed by atoms with Crippen molar-refractivity contribution >= 4 is 11.0 Å². The van der Waals surface area contributed by atoms with E-state index in [1.54, 1.807) is 7.11 Å². The molecule has 0 amide bonds. The van der Waals surface area contributed by atoms with Gasteiger partial charge in [-0.25, -0.2) is 0 Å². The fraction of sp³-hybridized carbons (Fsp3) is 0.429. The van der Waals surface area contributed by atoms with E-state index in [4.69, 9.17) is 9.15 Å². The van der Waals surface area contributed by atoms with Crippen molar-refractivity contribution in [2.24, 2.45) is 0 Å². The van der Waals surface area contributed by atoms with Crippen molar-refractivity contribution < 1.29 is 9.15 Å². The van der Waals surface area contributed by atoms with E-state index < -0.39 is 0 Å². The third-order valence-corrected chi connectivity index (χ3v) is 2.76. The first-order valence-electron chi connectivity index (χ1n) is 6.06. The normalized spacial score (nSPS) is 13.1. The van der Waals surface area contributed by atoms with Crippen molar-refractivity contribution in [3.05, 3.63) is 36.1 Å². The van der Waals surface area contributed by atoms with E-state index in [1.807, 2.05) is 18.2 Å². The molecule has 0 radical (unpaired) electrons. The predicted octanol–water partition coefficient (Wildman–Crippen LogP) is 3.12. The molecule has 0 spiro atoms. The third kappa shape index (κ3) is 2.87. The summed E-state index contributed by atoms with van der Waals surface area (Å²) in [5.41, 5.74) is 0.932. The fourth-order valence-electron chi connectivity index (χ4n) is 1.90. The minimum absolute atomic E-state index is 0.132. The molecule has 1 N–H and O–H groups in total. The van der Waals surface area contributed by atoms with Crippen molar-refractivity contribution in [3.63, 3.8) is 0 Å². The Morgan fingerprint density at radius 1 is 1.35 bits per heavy atom. The summed E-state index contributed by atoms with van der Waals surface area (Å²) < 4.78 is 11.1. The molecule has 3 nitrogen and oxygen atoms in total. The van der Waals surface area contributed by atoms with E-state index in [2.05, 4.69) is 24.4 Å². The molecule has 2 aromatic rings. The molecule has 0 aliphatic heterocycles. The monoisotopic (exact) mass is 233 g/mol. The van der Waals surface area contributed by atoms with Crippen molar-refractivity contribution in [2.75, 3.05) is 20.3 Å². The lowest BCUT2D eigenvalue weighted by atomic mass is 10.2. The van der Waals surface area contributed by atoms with Gasteiger partial charge in [0.1, 0.15) is 11.3 Å². The van der Waals surface area contributed by atoms with Crippen molar-refractivity contribution in [3.8, 4) is 0 Å². The van der Waals surface area contributed by atoms with Crippen LogP contribution in [0.5, 0.6) is 0 Å². The maximum absolute atomic E-state index is 5.84. The first kappa shape index (κ1) is 12.1. The minimum atomic E-state index is 0.132. The number of rotatable bonds is 6. The Bertz CT molecular complexity index is 431. The number of para-hydroxylation sites is 1. The lowest BCUT2D eigenvalue weighted by molar-refractivity contribution is 0.158. The van der Waals surface area contributed by atoms with Crippen LogP contribution in [0.4, 0.5) is 0 Å². The van der Waals surface area contributed by atoms with Crippen LogP contribution in [0.1, 0.15) is 25.1 Å². The molecule has 1 aromatic carbocycles. The average molecular weight is 233 g/mol. The van der Waals surface area contributed by atoms with Crippen LogP contribution in [0.15, 0.2) is 34.7 Å². The Balaban J connectivity index is 2.21. The Morgan fingerprint density at radius 2 is 2.18 bits per heavy atom. The minimum Gasteiger partial charge on any atom is -0.459 e. The number of methoxy groups -OCH3 is 1. The second kappa shape index (κ2) is 5.84. The first-order chi connectivity index (χ1) is 8.35. The second-order valence-corrected chi connectivity index (χ2v) is 4.15. The second-order valence-electron chi connectivity index (χ2n) is 4.15. The third-order valence-electron chi connectivity index (χ3n) is 2.76. The Kier molecular flexibility index (Phi) is 4.18. The lowest BCUT2D eigenvalue weighted by Crippen LogP contribution is -2.25. The van der Waals surface area contributed by atoms with Gasteiger partial charge in [-0.1, -0.05) is 25.1 Å². The zero-order chi connectivity index (χ0) is 12.1. The largest absolute Gasteiger partial charge is 0.459 e. The van der Waals surface area contributed by atoms with E-state index in [0.29, 0.717) is 6.61 Å². The maximum atomic E-state index is 5.84. The van der Waals surface area contributed by atoms with E-state index in [9.17, 15) is 0 Å². The molecule has 0 saturated carbocycles. The summed E-state index contributed by atoms with van der Waals surface area (Å²) in [4.78, 5) is 0. The van der Waals surface area contributed by atoms with Crippen molar-refractivity contribution in [1.29, 1.82) is 0 Å². The lowest BCUT2D eigenvalue weighted by Gasteiger charge is -2.14. The Morgan fingerprint density at radius 3 is 2.88 bits per heavy atom. The van der Waals surface area contributed by atoms with Gasteiger partial charge >= 0.3 is 0 Å². The van der Waals surface area contributed by atoms with Crippen LogP contribution in [0, 0.1) is 0 Å². The number of furan rings is 1. The molecule has 1 aromatic heterocycles. The predicted molar refractivity (Wildman–Crippen MR) is 69.1 cm³/mol. The van der Waals surface area contributed by atoms with Crippen LogP contribution in [-0.4, -0.2) is 20.3 Å². The van der Waals surface area contributed by atoms with Crippen LogP contribution >= 0.6 is 0 Å². The first-order valence-corrected chi connectivity index (χ1v) is 6.06. The highest BCUT2D eigenvalue weighted by Gasteiger charge is 2.15. The number of fused-ring (bicyclic) bond motifs is 1. The molecule has 0 aliphatic carbocycles. The van der Waals surface area contributed by atoms with Crippen LogP contribution in [-0.2, 0) is 4.74 Å². The molecular formula is C14H19NO2. The topological polar surface area (TPSA) is 34.4 Å². The van der Waals surface area contributed by atoms with Gasteiger partial charge in [0.05, 0.1) is 12.6 Å². The maximum Gasteiger partial charge on any atom is 0.134 e. The standard InChI is InChI=1S/C14H19NO2/c1-3-8-15-12(10-16-2)14-9-11-6-4-5-7-13(11)17-14/h4-7,9,12,15H,3,8,10H2,1-2H3. The van der Waals surface area contributed by atoms with E-state index in [-0.39, 0.29) is 6.04 Å². The van der Waals surface area contributed by atoms with Gasteiger partial charge in [-0.3, -0.25) is 0 Å². The SMILES string of the molecule is CCCNC(COC)c1cc2ccccc2o1. The molecule has 0 saturated heterocycles. The van der Waals surface area contributed by atoms with E-state index >= 15 is 0 Å². The number of nitrogens with one attached hydrogen (secondary N) is 1. The number of benzene rings is 1. The molecule has 2 rings (SSSR count). The fourth-order valence-corrected chi connectivity index (χ4v) is 1.90. The molecule has 3 heteroatoms. The van der Waals surface area contributed by atoms with Crippen molar-refractivity contribution in [2.45, 2.75) is 19.4 Å². The molecular weight excluding hydrogens is 214 g/mol.